The van der Waals surface area contributed by atoms with Crippen molar-refractivity contribution in [1.82, 2.24) is 5.43 Å². The molecule has 1 saturated heterocycles. The summed E-state index contributed by atoms with van der Waals surface area (Å²) in [5.74, 6) is 0.0939. The number of nitrogens with zero attached hydrogens (tertiary/aromatic N) is 1. The first-order chi connectivity index (χ1) is 7.28. The van der Waals surface area contributed by atoms with Crippen LogP contribution in [0.25, 0.3) is 0 Å². The number of hydrogen-bond donors (Lipinski definition) is 1. The van der Waals surface area contributed by atoms with Crippen LogP contribution in [-0.4, -0.2) is 23.4 Å². The first-order valence-electron chi connectivity index (χ1n) is 5.28. The van der Waals surface area contributed by atoms with E-state index in [0.29, 0.717) is 6.42 Å². The molecule has 0 bridgehead atoms. The van der Waals surface area contributed by atoms with Gasteiger partial charge in [-0.05, 0) is 24.1 Å². The summed E-state index contributed by atoms with van der Waals surface area (Å²) in [5.41, 5.74) is 5.22. The topological polar surface area (TPSA) is 32.1 Å². The van der Waals surface area contributed by atoms with E-state index in [4.69, 9.17) is 0 Å². The zero-order valence-electron chi connectivity index (χ0n) is 8.86. The van der Waals surface area contributed by atoms with Crippen LogP contribution in [0.1, 0.15) is 24.5 Å². The Morgan fingerprint density at radius 1 is 1.40 bits per heavy atom. The van der Waals surface area contributed by atoms with E-state index in [1.165, 1.54) is 5.56 Å². The summed E-state index contributed by atoms with van der Waals surface area (Å²) in [6.45, 7) is 2.90. The maximum Gasteiger partial charge on any atom is 0.280 e. The van der Waals surface area contributed by atoms with Crippen LogP contribution in [0, 0.1) is 0 Å². The molecule has 3 heteroatoms. The van der Waals surface area contributed by atoms with Crippen LogP contribution >= 0.6 is 0 Å². The number of nitrogens with one attached hydrogen (secondary N) is 1. The zero-order valence-corrected chi connectivity index (χ0v) is 8.86. The minimum atomic E-state index is 0.0939. The number of hydrazone groups is 1. The van der Waals surface area contributed by atoms with Crippen LogP contribution in [0.2, 0.25) is 0 Å². The second-order valence-corrected chi connectivity index (χ2v) is 3.70. The minimum absolute atomic E-state index is 0.0939. The maximum absolute atomic E-state index is 11.0. The predicted octanol–water partition coefficient (Wildman–Crippen LogP) is 1.12. The molecule has 1 amide bonds. The average molecular weight is 203 g/mol. The number of rotatable bonds is 2. The second kappa shape index (κ2) is 4.26. The van der Waals surface area contributed by atoms with Crippen molar-refractivity contribution < 1.29 is 9.48 Å². The van der Waals surface area contributed by atoms with Gasteiger partial charge in [0.2, 0.25) is 6.21 Å². The standard InChI is InChI=1S/C12H14N2O/c1-2-10-3-5-11(6-4-10)9-14-8-7-12(15)13-14/h3-6,9H,2,7-8H2,1H3/p+1/b14-9-. The highest BCUT2D eigenvalue weighted by molar-refractivity contribution is 5.79. The lowest BCUT2D eigenvalue weighted by Crippen LogP contribution is -2.25. The van der Waals surface area contributed by atoms with Gasteiger partial charge in [-0.1, -0.05) is 19.1 Å². The molecule has 1 aliphatic heterocycles. The summed E-state index contributed by atoms with van der Waals surface area (Å²) in [6, 6.07) is 8.38. The first-order valence-corrected chi connectivity index (χ1v) is 5.28. The molecule has 0 spiro atoms. The van der Waals surface area contributed by atoms with Gasteiger partial charge in [0.05, 0.1) is 6.42 Å². The lowest BCUT2D eigenvalue weighted by Gasteiger charge is -1.96. The summed E-state index contributed by atoms with van der Waals surface area (Å²) in [5, 5.41) is 0. The molecule has 1 N–H and O–H groups in total. The van der Waals surface area contributed by atoms with Gasteiger partial charge in [-0.25, -0.2) is 0 Å². The molecule has 1 aromatic carbocycles. The lowest BCUT2D eigenvalue weighted by molar-refractivity contribution is -0.553. The van der Waals surface area contributed by atoms with Crippen LogP contribution < -0.4 is 5.43 Å². The highest BCUT2D eigenvalue weighted by atomic mass is 16.2. The van der Waals surface area contributed by atoms with Crippen LogP contribution in [0.4, 0.5) is 0 Å². The Bertz CT molecular complexity index is 393. The quantitative estimate of drug-likeness (QED) is 0.718. The molecule has 0 saturated carbocycles. The molecule has 3 nitrogen and oxygen atoms in total. The van der Waals surface area contributed by atoms with Gasteiger partial charge in [-0.15, -0.1) is 10.1 Å². The van der Waals surface area contributed by atoms with E-state index in [9.17, 15) is 4.79 Å². The van der Waals surface area contributed by atoms with E-state index >= 15 is 0 Å². The highest BCUT2D eigenvalue weighted by Gasteiger charge is 2.20. The molecule has 1 aromatic rings. The van der Waals surface area contributed by atoms with E-state index in [1.807, 2.05) is 10.9 Å². The van der Waals surface area contributed by atoms with E-state index in [0.717, 1.165) is 18.5 Å². The minimum Gasteiger partial charge on any atom is -0.269 e. The number of carbonyl (C=O) groups excluding carboxylic acids is 1. The zero-order chi connectivity index (χ0) is 10.7. The van der Waals surface area contributed by atoms with Gasteiger partial charge in [0, 0.05) is 5.56 Å². The van der Waals surface area contributed by atoms with Gasteiger partial charge in [0.25, 0.3) is 5.91 Å². The fraction of sp³-hybridized carbons (Fsp3) is 0.333. The summed E-state index contributed by atoms with van der Waals surface area (Å²) in [7, 11) is 0. The molecular formula is C12H15N2O+. The number of carbonyl (C=O) groups is 1. The van der Waals surface area contributed by atoms with Gasteiger partial charge >= 0.3 is 0 Å². The number of benzene rings is 1. The van der Waals surface area contributed by atoms with Crippen LogP contribution in [0.3, 0.4) is 0 Å². The van der Waals surface area contributed by atoms with Crippen molar-refractivity contribution >= 4 is 12.1 Å². The van der Waals surface area contributed by atoms with Crippen molar-refractivity contribution in [3.63, 3.8) is 0 Å². The van der Waals surface area contributed by atoms with Gasteiger partial charge in [0.1, 0.15) is 0 Å². The Morgan fingerprint density at radius 2 is 2.13 bits per heavy atom. The number of aryl methyl sites for hydroxylation is 1. The van der Waals surface area contributed by atoms with E-state index in [1.54, 1.807) is 0 Å². The number of amides is 1. The second-order valence-electron chi connectivity index (χ2n) is 3.70. The molecular weight excluding hydrogens is 188 g/mol. The summed E-state index contributed by atoms with van der Waals surface area (Å²) in [4.78, 5) is 11.0. The van der Waals surface area contributed by atoms with Crippen molar-refractivity contribution in [3.8, 4) is 0 Å². The van der Waals surface area contributed by atoms with Crippen molar-refractivity contribution in [2.24, 2.45) is 0 Å². The van der Waals surface area contributed by atoms with Crippen molar-refractivity contribution in [1.29, 1.82) is 0 Å². The Kier molecular flexibility index (Phi) is 2.81. The Morgan fingerprint density at radius 3 is 2.67 bits per heavy atom. The Balaban J connectivity index is 2.13. The van der Waals surface area contributed by atoms with Gasteiger partial charge in [0.15, 0.2) is 6.54 Å². The first kappa shape index (κ1) is 9.90. The van der Waals surface area contributed by atoms with Crippen LogP contribution in [0.15, 0.2) is 24.3 Å². The molecule has 15 heavy (non-hydrogen) atoms. The molecule has 0 aromatic heterocycles. The molecule has 2 rings (SSSR count). The van der Waals surface area contributed by atoms with E-state index < -0.39 is 0 Å². The highest BCUT2D eigenvalue weighted by Crippen LogP contribution is 2.03. The molecule has 0 radical (unpaired) electrons. The van der Waals surface area contributed by atoms with Crippen LogP contribution in [0.5, 0.6) is 0 Å². The Hall–Kier alpha value is -1.64. The van der Waals surface area contributed by atoms with E-state index in [2.05, 4.69) is 36.6 Å². The summed E-state index contributed by atoms with van der Waals surface area (Å²) < 4.78 is 1.84. The monoisotopic (exact) mass is 203 g/mol. The summed E-state index contributed by atoms with van der Waals surface area (Å²) >= 11 is 0. The van der Waals surface area contributed by atoms with Crippen molar-refractivity contribution in [3.05, 3.63) is 35.4 Å². The third kappa shape index (κ3) is 2.43. The fourth-order valence-electron chi connectivity index (χ4n) is 1.61. The number of hydrazine groups is 1. The molecule has 78 valence electrons. The predicted molar refractivity (Wildman–Crippen MR) is 58.9 cm³/mol. The smallest absolute Gasteiger partial charge is 0.269 e. The third-order valence-corrected chi connectivity index (χ3v) is 2.54. The average Bonchev–Trinajstić information content (AvgIpc) is 2.65. The molecule has 1 fully saturated rings. The summed E-state index contributed by atoms with van der Waals surface area (Å²) in [6.07, 6.45) is 3.61. The normalized spacial score (nSPS) is 18.2. The van der Waals surface area contributed by atoms with Crippen molar-refractivity contribution in [2.45, 2.75) is 19.8 Å². The molecule has 0 unspecified atom stereocenters. The largest absolute Gasteiger partial charge is 0.280 e. The number of hydrogen-bond acceptors (Lipinski definition) is 1. The molecule has 0 aliphatic carbocycles. The molecule has 1 heterocycles. The maximum atomic E-state index is 11.0. The fourth-order valence-corrected chi connectivity index (χ4v) is 1.61. The lowest BCUT2D eigenvalue weighted by atomic mass is 10.1. The van der Waals surface area contributed by atoms with Gasteiger partial charge < -0.3 is 0 Å². The van der Waals surface area contributed by atoms with E-state index in [-0.39, 0.29) is 5.91 Å². The molecule has 1 aliphatic rings. The van der Waals surface area contributed by atoms with Gasteiger partial charge in [-0.2, -0.15) is 0 Å². The SMILES string of the molecule is CCc1ccc(/C=[N+]2/CCC(=O)N2)cc1. The third-order valence-electron chi connectivity index (χ3n) is 2.54. The van der Waals surface area contributed by atoms with Crippen LogP contribution in [-0.2, 0) is 11.2 Å². The van der Waals surface area contributed by atoms with Gasteiger partial charge in [-0.3, -0.25) is 4.79 Å². The Labute approximate surface area is 89.4 Å². The molecule has 0 atom stereocenters. The van der Waals surface area contributed by atoms with Crippen molar-refractivity contribution in [2.75, 3.05) is 6.54 Å².